The summed E-state index contributed by atoms with van der Waals surface area (Å²) in [5.41, 5.74) is 1.98. The zero-order chi connectivity index (χ0) is 20.5. The minimum atomic E-state index is 0.472. The van der Waals surface area contributed by atoms with E-state index >= 15 is 0 Å². The molecule has 1 aromatic rings. The van der Waals surface area contributed by atoms with Crippen molar-refractivity contribution in [1.29, 1.82) is 10.5 Å². The van der Waals surface area contributed by atoms with Crippen molar-refractivity contribution in [2.45, 2.75) is 11.5 Å². The van der Waals surface area contributed by atoms with Crippen molar-refractivity contribution in [2.24, 2.45) is 9.98 Å². The zero-order valence-corrected chi connectivity index (χ0v) is 17.5. The minimum absolute atomic E-state index is 0.472. The molecule has 4 N–H and O–H groups in total. The lowest BCUT2D eigenvalue weighted by molar-refractivity contribution is 0.929. The van der Waals surface area contributed by atoms with Gasteiger partial charge in [0.05, 0.1) is 11.4 Å². The summed E-state index contributed by atoms with van der Waals surface area (Å²) in [5.74, 6) is 4.26. The number of nitrogens with one attached hydrogen (secondary N) is 4. The molecule has 1 rings (SSSR count). The van der Waals surface area contributed by atoms with E-state index < -0.39 is 0 Å². The molecule has 0 aliphatic rings. The average molecular weight is 421 g/mol. The van der Waals surface area contributed by atoms with Crippen LogP contribution in [-0.4, -0.2) is 60.6 Å². The molecule has 150 valence electrons. The van der Waals surface area contributed by atoms with Crippen molar-refractivity contribution in [1.82, 2.24) is 31.2 Å². The Balaban J connectivity index is 2.23. The highest BCUT2D eigenvalue weighted by molar-refractivity contribution is 7.98. The van der Waals surface area contributed by atoms with Gasteiger partial charge in [-0.3, -0.25) is 20.6 Å². The van der Waals surface area contributed by atoms with Gasteiger partial charge in [-0.2, -0.15) is 34.0 Å². The number of guanidine groups is 2. The highest BCUT2D eigenvalue weighted by Crippen LogP contribution is 2.13. The standard InChI is InChI=1S/C16H24N10S2/c1-19-15(23-10-17)21-3-5-27-8-13-7-14(26-12-25-13)9-28-6-4-22-16(20-2)24-11-18/h7,12H,3-6,8-9H2,1-2H3,(H2,19,21,23)(H2,20,22,24). The minimum Gasteiger partial charge on any atom is -0.355 e. The van der Waals surface area contributed by atoms with Crippen LogP contribution in [0.25, 0.3) is 0 Å². The first-order chi connectivity index (χ1) is 13.7. The van der Waals surface area contributed by atoms with Gasteiger partial charge in [-0.1, -0.05) is 0 Å². The Hall–Kier alpha value is -2.70. The molecule has 28 heavy (non-hydrogen) atoms. The molecule has 0 spiro atoms. The summed E-state index contributed by atoms with van der Waals surface area (Å²) in [6.07, 6.45) is 5.27. The molecule has 1 aromatic heterocycles. The molecular weight excluding hydrogens is 396 g/mol. The number of aliphatic imine (C=N–C) groups is 2. The van der Waals surface area contributed by atoms with E-state index in [0.29, 0.717) is 25.0 Å². The summed E-state index contributed by atoms with van der Waals surface area (Å²) in [6, 6.07) is 2.02. The number of rotatable bonds is 10. The number of hydrogen-bond acceptors (Lipinski definition) is 8. The maximum atomic E-state index is 8.57. The van der Waals surface area contributed by atoms with Crippen LogP contribution < -0.4 is 21.3 Å². The van der Waals surface area contributed by atoms with E-state index in [1.54, 1.807) is 43.9 Å². The van der Waals surface area contributed by atoms with Gasteiger partial charge in [-0.25, -0.2) is 9.97 Å². The first-order valence-corrected chi connectivity index (χ1v) is 10.7. The predicted molar refractivity (Wildman–Crippen MR) is 115 cm³/mol. The third kappa shape index (κ3) is 10.4. The maximum Gasteiger partial charge on any atom is 0.204 e. The van der Waals surface area contributed by atoms with Gasteiger partial charge in [-0.05, 0) is 6.07 Å². The van der Waals surface area contributed by atoms with E-state index in [1.165, 1.54) is 0 Å². The topological polar surface area (TPSA) is 146 Å². The average Bonchev–Trinajstić information content (AvgIpc) is 2.72. The monoisotopic (exact) mass is 420 g/mol. The summed E-state index contributed by atoms with van der Waals surface area (Å²) in [5, 5.41) is 28.2. The molecule has 12 heteroatoms. The van der Waals surface area contributed by atoms with Crippen molar-refractivity contribution in [2.75, 3.05) is 38.7 Å². The first-order valence-electron chi connectivity index (χ1n) is 8.40. The van der Waals surface area contributed by atoms with Crippen molar-refractivity contribution < 1.29 is 0 Å². The first kappa shape index (κ1) is 23.3. The Morgan fingerprint density at radius 2 is 1.39 bits per heavy atom. The van der Waals surface area contributed by atoms with Crippen LogP contribution >= 0.6 is 23.5 Å². The number of thioether (sulfide) groups is 2. The SMILES string of the molecule is CN=C(NC#N)NCCSCc1cc(CSCCNC(=NC)NC#N)ncn1. The van der Waals surface area contributed by atoms with Gasteiger partial charge < -0.3 is 10.6 Å². The smallest absolute Gasteiger partial charge is 0.204 e. The van der Waals surface area contributed by atoms with Crippen LogP contribution in [0.15, 0.2) is 22.4 Å². The Kier molecular flexibility index (Phi) is 12.8. The Morgan fingerprint density at radius 1 is 0.929 bits per heavy atom. The lowest BCUT2D eigenvalue weighted by Gasteiger charge is -2.08. The highest BCUT2D eigenvalue weighted by atomic mass is 32.2. The van der Waals surface area contributed by atoms with E-state index in [0.717, 1.165) is 34.4 Å². The fourth-order valence-corrected chi connectivity index (χ4v) is 3.42. The molecule has 0 saturated carbocycles. The number of hydrogen-bond donors (Lipinski definition) is 4. The molecular formula is C16H24N10S2. The fraction of sp³-hybridized carbons (Fsp3) is 0.500. The van der Waals surface area contributed by atoms with Gasteiger partial charge in [0.25, 0.3) is 0 Å². The Bertz CT molecular complexity index is 666. The van der Waals surface area contributed by atoms with Crippen LogP contribution in [0.3, 0.4) is 0 Å². The second-order valence-electron chi connectivity index (χ2n) is 5.08. The molecule has 0 radical (unpaired) electrons. The summed E-state index contributed by atoms with van der Waals surface area (Å²) in [4.78, 5) is 16.5. The quantitative estimate of drug-likeness (QED) is 0.136. The van der Waals surface area contributed by atoms with Crippen LogP contribution in [0.5, 0.6) is 0 Å². The van der Waals surface area contributed by atoms with Crippen molar-refractivity contribution >= 4 is 35.4 Å². The largest absolute Gasteiger partial charge is 0.355 e. The molecule has 0 amide bonds. The van der Waals surface area contributed by atoms with Crippen LogP contribution in [0, 0.1) is 22.9 Å². The zero-order valence-electron chi connectivity index (χ0n) is 15.9. The second kappa shape index (κ2) is 15.4. The number of nitriles is 2. The Morgan fingerprint density at radius 3 is 1.79 bits per heavy atom. The highest BCUT2D eigenvalue weighted by Gasteiger charge is 2.02. The van der Waals surface area contributed by atoms with Crippen LogP contribution in [0.2, 0.25) is 0 Å². The third-order valence-corrected chi connectivity index (χ3v) is 5.14. The second-order valence-corrected chi connectivity index (χ2v) is 7.29. The van der Waals surface area contributed by atoms with E-state index in [1.807, 2.05) is 18.5 Å². The third-order valence-electron chi connectivity index (χ3n) is 3.15. The lowest BCUT2D eigenvalue weighted by Crippen LogP contribution is -2.35. The van der Waals surface area contributed by atoms with Gasteiger partial charge in [0.2, 0.25) is 11.9 Å². The van der Waals surface area contributed by atoms with Crippen LogP contribution in [0.4, 0.5) is 0 Å². The molecule has 10 nitrogen and oxygen atoms in total. The van der Waals surface area contributed by atoms with Crippen molar-refractivity contribution in [3.05, 3.63) is 23.8 Å². The molecule has 0 aliphatic carbocycles. The summed E-state index contributed by atoms with van der Waals surface area (Å²) in [7, 11) is 3.24. The maximum absolute atomic E-state index is 8.57. The number of aromatic nitrogens is 2. The summed E-state index contributed by atoms with van der Waals surface area (Å²) in [6.45, 7) is 1.41. The molecule has 0 unspecified atom stereocenters. The van der Waals surface area contributed by atoms with Gasteiger partial charge in [-0.15, -0.1) is 0 Å². The molecule has 1 heterocycles. The van der Waals surface area contributed by atoms with E-state index in [-0.39, 0.29) is 0 Å². The molecule has 0 fully saturated rings. The van der Waals surface area contributed by atoms with Gasteiger partial charge in [0, 0.05) is 50.2 Å². The van der Waals surface area contributed by atoms with Crippen molar-refractivity contribution in [3.8, 4) is 12.4 Å². The van der Waals surface area contributed by atoms with E-state index in [2.05, 4.69) is 41.2 Å². The fourth-order valence-electron chi connectivity index (χ4n) is 1.90. The number of nitrogens with zero attached hydrogens (tertiary/aromatic N) is 6. The molecule has 0 bridgehead atoms. The van der Waals surface area contributed by atoms with Crippen LogP contribution in [0.1, 0.15) is 11.4 Å². The van der Waals surface area contributed by atoms with Crippen LogP contribution in [-0.2, 0) is 11.5 Å². The predicted octanol–water partition coefficient (Wildman–Crippen LogP) is 0.235. The van der Waals surface area contributed by atoms with Gasteiger partial charge in [0.15, 0.2) is 12.4 Å². The normalized spacial score (nSPS) is 11.3. The molecule has 0 aromatic carbocycles. The van der Waals surface area contributed by atoms with Gasteiger partial charge in [0.1, 0.15) is 6.33 Å². The van der Waals surface area contributed by atoms with Crippen molar-refractivity contribution in [3.63, 3.8) is 0 Å². The molecule has 0 saturated heterocycles. The summed E-state index contributed by atoms with van der Waals surface area (Å²) < 4.78 is 0. The molecule has 0 atom stereocenters. The summed E-state index contributed by atoms with van der Waals surface area (Å²) >= 11 is 3.49. The Labute approximate surface area is 173 Å². The van der Waals surface area contributed by atoms with Gasteiger partial charge >= 0.3 is 0 Å². The van der Waals surface area contributed by atoms with E-state index in [9.17, 15) is 0 Å². The van der Waals surface area contributed by atoms with E-state index in [4.69, 9.17) is 10.5 Å². The lowest BCUT2D eigenvalue weighted by atomic mass is 10.4. The molecule has 0 aliphatic heterocycles.